The number of aliphatic hydroxyl groups is 1. The highest BCUT2D eigenvalue weighted by Gasteiger charge is 2.25. The van der Waals surface area contributed by atoms with Gasteiger partial charge in [0.25, 0.3) is 0 Å². The van der Waals surface area contributed by atoms with Gasteiger partial charge < -0.3 is 19.3 Å². The number of nitrogens with zero attached hydrogens (tertiary/aromatic N) is 1. The largest absolute Gasteiger partial charge is 0.493 e. The molecule has 0 unspecified atom stereocenters. The first-order valence-corrected chi connectivity index (χ1v) is 8.26. The molecule has 0 saturated carbocycles. The second kappa shape index (κ2) is 8.46. The molecule has 1 N–H and O–H groups in total. The van der Waals surface area contributed by atoms with Crippen LogP contribution in [0.2, 0.25) is 0 Å². The minimum atomic E-state index is -0.616. The quantitative estimate of drug-likeness (QED) is 0.765. The fourth-order valence-electron chi connectivity index (χ4n) is 2.74. The summed E-state index contributed by atoms with van der Waals surface area (Å²) in [6.45, 7) is 7.79. The molecule has 24 heavy (non-hydrogen) atoms. The maximum Gasteiger partial charge on any atom is 0.161 e. The zero-order valence-electron chi connectivity index (χ0n) is 14.8. The third-order valence-corrected chi connectivity index (χ3v) is 4.18. The number of methoxy groups -OCH3 is 1. The lowest BCUT2D eigenvalue weighted by atomic mass is 10.1. The van der Waals surface area contributed by atoms with Gasteiger partial charge in [0.05, 0.1) is 19.8 Å². The molecule has 1 heterocycles. The highest BCUT2D eigenvalue weighted by Crippen LogP contribution is 2.28. The molecule has 3 atom stereocenters. The van der Waals surface area contributed by atoms with Gasteiger partial charge in [0.1, 0.15) is 12.7 Å². The molecule has 0 bridgehead atoms. The molecule has 1 saturated heterocycles. The monoisotopic (exact) mass is 337 g/mol. The molecule has 0 radical (unpaired) electrons. The van der Waals surface area contributed by atoms with Gasteiger partial charge in [-0.25, -0.2) is 0 Å². The molecule has 1 aromatic carbocycles. The lowest BCUT2D eigenvalue weighted by Gasteiger charge is -2.37. The first-order chi connectivity index (χ1) is 11.4. The van der Waals surface area contributed by atoms with Crippen LogP contribution in [0.15, 0.2) is 18.2 Å². The summed E-state index contributed by atoms with van der Waals surface area (Å²) in [5.41, 5.74) is 0.566. The SMILES string of the molecule is COc1cc(C(C)=O)ccc1OC[C@H](O)CN1C[C@@H](C)OC[C@H]1C. The molecule has 134 valence electrons. The number of aliphatic hydroxyl groups excluding tert-OH is 1. The topological polar surface area (TPSA) is 68.2 Å². The zero-order valence-corrected chi connectivity index (χ0v) is 14.8. The fourth-order valence-corrected chi connectivity index (χ4v) is 2.74. The summed E-state index contributed by atoms with van der Waals surface area (Å²) in [6.07, 6.45) is -0.441. The Balaban J connectivity index is 1.91. The smallest absolute Gasteiger partial charge is 0.161 e. The number of morpholine rings is 1. The number of ketones is 1. The van der Waals surface area contributed by atoms with Crippen molar-refractivity contribution in [3.8, 4) is 11.5 Å². The number of carbonyl (C=O) groups excluding carboxylic acids is 1. The van der Waals surface area contributed by atoms with Gasteiger partial charge in [-0.2, -0.15) is 0 Å². The van der Waals surface area contributed by atoms with Crippen LogP contribution in [-0.4, -0.2) is 67.5 Å². The molecule has 1 fully saturated rings. The first kappa shape index (κ1) is 18.7. The second-order valence-corrected chi connectivity index (χ2v) is 6.33. The summed E-state index contributed by atoms with van der Waals surface area (Å²) in [7, 11) is 1.53. The maximum absolute atomic E-state index is 11.4. The molecule has 1 aliphatic rings. The average molecular weight is 337 g/mol. The Morgan fingerprint density at radius 3 is 2.83 bits per heavy atom. The summed E-state index contributed by atoms with van der Waals surface area (Å²) in [5.74, 6) is 0.975. The van der Waals surface area contributed by atoms with E-state index in [2.05, 4.69) is 11.8 Å². The number of β-amino-alcohol motifs (C(OH)–C–C–N with tert-alkyl or cyclic N) is 1. The number of carbonyl (C=O) groups is 1. The molecule has 6 heteroatoms. The van der Waals surface area contributed by atoms with E-state index in [-0.39, 0.29) is 24.5 Å². The van der Waals surface area contributed by atoms with E-state index in [1.54, 1.807) is 18.2 Å². The summed E-state index contributed by atoms with van der Waals surface area (Å²) in [4.78, 5) is 13.6. The van der Waals surface area contributed by atoms with Gasteiger partial charge in [0, 0.05) is 24.7 Å². The van der Waals surface area contributed by atoms with Crippen LogP contribution in [-0.2, 0) is 4.74 Å². The van der Waals surface area contributed by atoms with Crippen molar-refractivity contribution in [2.45, 2.75) is 39.0 Å². The number of hydrogen-bond acceptors (Lipinski definition) is 6. The Bertz CT molecular complexity index is 562. The Labute approximate surface area is 143 Å². The van der Waals surface area contributed by atoms with E-state index in [4.69, 9.17) is 14.2 Å². The summed E-state index contributed by atoms with van der Waals surface area (Å²) in [5, 5.41) is 10.3. The van der Waals surface area contributed by atoms with Crippen molar-refractivity contribution >= 4 is 5.78 Å². The number of hydrogen-bond donors (Lipinski definition) is 1. The van der Waals surface area contributed by atoms with E-state index in [1.165, 1.54) is 14.0 Å². The van der Waals surface area contributed by atoms with E-state index < -0.39 is 6.10 Å². The van der Waals surface area contributed by atoms with Crippen LogP contribution in [0.1, 0.15) is 31.1 Å². The fraction of sp³-hybridized carbons (Fsp3) is 0.611. The molecular formula is C18H27NO5. The normalized spacial score (nSPS) is 22.9. The molecular weight excluding hydrogens is 310 g/mol. The molecule has 0 aromatic heterocycles. The summed E-state index contributed by atoms with van der Waals surface area (Å²) >= 11 is 0. The number of rotatable bonds is 7. The first-order valence-electron chi connectivity index (χ1n) is 8.26. The van der Waals surface area contributed by atoms with Crippen LogP contribution >= 0.6 is 0 Å². The molecule has 6 nitrogen and oxygen atoms in total. The second-order valence-electron chi connectivity index (χ2n) is 6.33. The van der Waals surface area contributed by atoms with E-state index >= 15 is 0 Å². The van der Waals surface area contributed by atoms with Crippen molar-refractivity contribution in [1.29, 1.82) is 0 Å². The van der Waals surface area contributed by atoms with Gasteiger partial charge in [-0.1, -0.05) is 0 Å². The summed E-state index contributed by atoms with van der Waals surface area (Å²) < 4.78 is 16.5. The Morgan fingerprint density at radius 2 is 2.17 bits per heavy atom. The van der Waals surface area contributed by atoms with Crippen LogP contribution in [0.5, 0.6) is 11.5 Å². The highest BCUT2D eigenvalue weighted by atomic mass is 16.5. The number of ether oxygens (including phenoxy) is 3. The van der Waals surface area contributed by atoms with Gasteiger partial charge in [-0.3, -0.25) is 9.69 Å². The average Bonchev–Trinajstić information content (AvgIpc) is 2.56. The molecule has 1 aliphatic heterocycles. The molecule has 2 rings (SSSR count). The van der Waals surface area contributed by atoms with Crippen LogP contribution in [0.3, 0.4) is 0 Å². The van der Waals surface area contributed by atoms with Gasteiger partial charge in [-0.05, 0) is 39.0 Å². The van der Waals surface area contributed by atoms with Gasteiger partial charge in [-0.15, -0.1) is 0 Å². The third-order valence-electron chi connectivity index (χ3n) is 4.18. The van der Waals surface area contributed by atoms with Crippen LogP contribution in [0.4, 0.5) is 0 Å². The molecule has 0 spiro atoms. The minimum absolute atomic E-state index is 0.0321. The van der Waals surface area contributed by atoms with Crippen molar-refractivity contribution in [3.05, 3.63) is 23.8 Å². The van der Waals surface area contributed by atoms with Crippen molar-refractivity contribution in [1.82, 2.24) is 4.90 Å². The predicted molar refractivity (Wildman–Crippen MR) is 90.9 cm³/mol. The van der Waals surface area contributed by atoms with Gasteiger partial charge in [0.15, 0.2) is 17.3 Å². The zero-order chi connectivity index (χ0) is 17.7. The Hall–Kier alpha value is -1.63. The third kappa shape index (κ3) is 4.93. The molecule has 1 aromatic rings. The van der Waals surface area contributed by atoms with E-state index in [0.29, 0.717) is 30.2 Å². The van der Waals surface area contributed by atoms with Crippen molar-refractivity contribution in [2.75, 3.05) is 33.4 Å². The number of Topliss-reactive ketones (excluding diaryl/α,β-unsaturated/α-hetero) is 1. The molecule has 0 aliphatic carbocycles. The van der Waals surface area contributed by atoms with Crippen molar-refractivity contribution in [2.24, 2.45) is 0 Å². The minimum Gasteiger partial charge on any atom is -0.493 e. The van der Waals surface area contributed by atoms with Gasteiger partial charge >= 0.3 is 0 Å². The van der Waals surface area contributed by atoms with Crippen molar-refractivity contribution in [3.63, 3.8) is 0 Å². The standard InChI is InChI=1S/C18H27NO5/c1-12-10-23-13(2)8-19(12)9-16(21)11-24-17-6-5-15(14(3)20)7-18(17)22-4/h5-7,12-13,16,21H,8-11H2,1-4H3/t12-,13-,16-/m1/s1. The van der Waals surface area contributed by atoms with Crippen LogP contribution in [0.25, 0.3) is 0 Å². The predicted octanol–water partition coefficient (Wildman–Crippen LogP) is 1.75. The van der Waals surface area contributed by atoms with Crippen LogP contribution in [0, 0.1) is 0 Å². The van der Waals surface area contributed by atoms with Crippen molar-refractivity contribution < 1.29 is 24.1 Å². The Morgan fingerprint density at radius 1 is 1.42 bits per heavy atom. The van der Waals surface area contributed by atoms with E-state index in [1.807, 2.05) is 6.92 Å². The van der Waals surface area contributed by atoms with Gasteiger partial charge in [0.2, 0.25) is 0 Å². The lowest BCUT2D eigenvalue weighted by molar-refractivity contribution is -0.0650. The van der Waals surface area contributed by atoms with E-state index in [9.17, 15) is 9.90 Å². The highest BCUT2D eigenvalue weighted by molar-refractivity contribution is 5.94. The number of benzene rings is 1. The Kier molecular flexibility index (Phi) is 6.60. The molecule has 0 amide bonds. The maximum atomic E-state index is 11.4. The van der Waals surface area contributed by atoms with E-state index in [0.717, 1.165) is 6.54 Å². The van der Waals surface area contributed by atoms with Crippen LogP contribution < -0.4 is 9.47 Å². The summed E-state index contributed by atoms with van der Waals surface area (Å²) in [6, 6.07) is 5.32. The lowest BCUT2D eigenvalue weighted by Crippen LogP contribution is -2.50.